The molecule has 0 saturated carbocycles. The van der Waals surface area contributed by atoms with Crippen LogP contribution in [-0.4, -0.2) is 24.0 Å². The van der Waals surface area contributed by atoms with E-state index in [2.05, 4.69) is 15.0 Å². The molecule has 3 aromatic rings. The fourth-order valence-electron chi connectivity index (χ4n) is 2.39. The fourth-order valence-corrected chi connectivity index (χ4v) is 2.39. The van der Waals surface area contributed by atoms with Gasteiger partial charge in [-0.2, -0.15) is 0 Å². The van der Waals surface area contributed by atoms with Gasteiger partial charge in [0.1, 0.15) is 11.6 Å². The monoisotopic (exact) mass is 342 g/mol. The zero-order valence-electron chi connectivity index (χ0n) is 13.0. The van der Waals surface area contributed by atoms with E-state index in [0.717, 1.165) is 13.2 Å². The molecule has 0 radical (unpaired) electrons. The van der Waals surface area contributed by atoms with Crippen LogP contribution < -0.4 is 5.32 Å². The number of hydrogen-bond acceptors (Lipinski definition) is 4. The van der Waals surface area contributed by atoms with Crippen molar-refractivity contribution < 1.29 is 23.1 Å². The Morgan fingerprint density at radius 1 is 1.04 bits per heavy atom. The highest BCUT2D eigenvalue weighted by molar-refractivity contribution is 6.12. The summed E-state index contributed by atoms with van der Waals surface area (Å²) < 4.78 is 32.1. The molecule has 2 aromatic carbocycles. The van der Waals surface area contributed by atoms with Crippen LogP contribution in [0.4, 0.5) is 14.5 Å². The number of ether oxygens (including phenoxy) is 1. The highest BCUT2D eigenvalue weighted by atomic mass is 19.1. The first-order valence-electron chi connectivity index (χ1n) is 7.23. The van der Waals surface area contributed by atoms with Crippen LogP contribution in [0.3, 0.4) is 0 Å². The van der Waals surface area contributed by atoms with Crippen molar-refractivity contribution in [1.29, 1.82) is 0 Å². The van der Waals surface area contributed by atoms with Crippen molar-refractivity contribution in [3.63, 3.8) is 0 Å². The molecule has 0 bridgehead atoms. The third-order valence-electron chi connectivity index (χ3n) is 3.60. The molecule has 0 fully saturated rings. The second-order valence-electron chi connectivity index (χ2n) is 5.13. The predicted molar refractivity (Wildman–Crippen MR) is 87.4 cm³/mol. The number of para-hydroxylation sites is 1. The van der Waals surface area contributed by atoms with E-state index < -0.39 is 29.1 Å². The Labute approximate surface area is 141 Å². The van der Waals surface area contributed by atoms with Gasteiger partial charge in [-0.3, -0.25) is 9.78 Å². The predicted octanol–water partition coefficient (Wildman–Crippen LogP) is 3.55. The van der Waals surface area contributed by atoms with Crippen LogP contribution in [0.5, 0.6) is 0 Å². The lowest BCUT2D eigenvalue weighted by Gasteiger charge is -2.10. The van der Waals surface area contributed by atoms with Crippen molar-refractivity contribution in [2.75, 3.05) is 12.4 Å². The van der Waals surface area contributed by atoms with E-state index in [9.17, 15) is 18.4 Å². The summed E-state index contributed by atoms with van der Waals surface area (Å²) in [5.41, 5.74) is 0.0744. The summed E-state index contributed by atoms with van der Waals surface area (Å²) in [6.07, 6.45) is 1.46. The lowest BCUT2D eigenvalue weighted by Crippen LogP contribution is -2.15. The first kappa shape index (κ1) is 16.5. The molecule has 0 aliphatic heterocycles. The van der Waals surface area contributed by atoms with Gasteiger partial charge in [0, 0.05) is 17.6 Å². The maximum Gasteiger partial charge on any atom is 0.340 e. The van der Waals surface area contributed by atoms with Crippen LogP contribution in [-0.2, 0) is 4.74 Å². The Hall–Kier alpha value is -3.35. The van der Waals surface area contributed by atoms with E-state index in [0.29, 0.717) is 17.0 Å². The summed E-state index contributed by atoms with van der Waals surface area (Å²) in [5, 5.41) is 2.93. The number of carbonyl (C=O) groups is 2. The molecule has 0 aliphatic carbocycles. The molecule has 25 heavy (non-hydrogen) atoms. The maximum absolute atomic E-state index is 14.0. The third kappa shape index (κ3) is 3.16. The minimum Gasteiger partial charge on any atom is -0.465 e. The highest BCUT2D eigenvalue weighted by Crippen LogP contribution is 2.23. The zero-order chi connectivity index (χ0) is 18.0. The summed E-state index contributed by atoms with van der Waals surface area (Å²) in [4.78, 5) is 28.2. The number of amides is 1. The normalized spacial score (nSPS) is 10.5. The number of methoxy groups -OCH3 is 1. The van der Waals surface area contributed by atoms with E-state index in [4.69, 9.17) is 0 Å². The Bertz CT molecular complexity index is 984. The molecule has 0 spiro atoms. The van der Waals surface area contributed by atoms with Crippen molar-refractivity contribution in [1.82, 2.24) is 4.98 Å². The number of rotatable bonds is 3. The minimum absolute atomic E-state index is 0.272. The number of hydrogen-bond donors (Lipinski definition) is 1. The van der Waals surface area contributed by atoms with Gasteiger partial charge >= 0.3 is 5.97 Å². The van der Waals surface area contributed by atoms with Gasteiger partial charge in [0.15, 0.2) is 0 Å². The molecule has 0 atom stereocenters. The standard InChI is InChI=1S/C18H12F2N2O3/c1-25-18(24)12-8-16(14(20)9-13(12)19)22-17(23)11-6-7-21-15-5-3-2-4-10(11)15/h2-9H,1H3,(H,22,23). The molecule has 7 heteroatoms. The van der Waals surface area contributed by atoms with Gasteiger partial charge in [-0.25, -0.2) is 13.6 Å². The van der Waals surface area contributed by atoms with Crippen LogP contribution in [0.25, 0.3) is 10.9 Å². The van der Waals surface area contributed by atoms with Gasteiger partial charge in [-0.05, 0) is 18.2 Å². The molecule has 0 saturated heterocycles. The van der Waals surface area contributed by atoms with E-state index in [1.54, 1.807) is 24.3 Å². The van der Waals surface area contributed by atoms with Crippen LogP contribution in [0, 0.1) is 11.6 Å². The molecule has 1 heterocycles. The summed E-state index contributed by atoms with van der Waals surface area (Å²) in [6, 6.07) is 9.87. The number of pyridine rings is 1. The van der Waals surface area contributed by atoms with Crippen LogP contribution in [0.2, 0.25) is 0 Å². The number of fused-ring (bicyclic) bond motifs is 1. The lowest BCUT2D eigenvalue weighted by molar-refractivity contribution is 0.0595. The first-order chi connectivity index (χ1) is 12.0. The number of aromatic nitrogens is 1. The van der Waals surface area contributed by atoms with Crippen LogP contribution in [0.15, 0.2) is 48.7 Å². The Morgan fingerprint density at radius 2 is 1.80 bits per heavy atom. The van der Waals surface area contributed by atoms with Gasteiger partial charge in [-0.1, -0.05) is 18.2 Å². The molecule has 0 aliphatic rings. The van der Waals surface area contributed by atoms with Gasteiger partial charge in [0.25, 0.3) is 5.91 Å². The van der Waals surface area contributed by atoms with E-state index in [-0.39, 0.29) is 11.3 Å². The molecule has 1 amide bonds. The number of carbonyl (C=O) groups excluding carboxylic acids is 2. The van der Waals surface area contributed by atoms with Gasteiger partial charge in [0.2, 0.25) is 0 Å². The van der Waals surface area contributed by atoms with Crippen molar-refractivity contribution >= 4 is 28.5 Å². The SMILES string of the molecule is COC(=O)c1cc(NC(=O)c2ccnc3ccccc23)c(F)cc1F. The van der Waals surface area contributed by atoms with Crippen LogP contribution >= 0.6 is 0 Å². The third-order valence-corrected chi connectivity index (χ3v) is 3.60. The summed E-state index contributed by atoms with van der Waals surface area (Å²) in [6.45, 7) is 0. The van der Waals surface area contributed by atoms with Crippen LogP contribution in [0.1, 0.15) is 20.7 Å². The first-order valence-corrected chi connectivity index (χ1v) is 7.23. The van der Waals surface area contributed by atoms with Crippen molar-refractivity contribution in [2.45, 2.75) is 0 Å². The number of nitrogens with one attached hydrogen (secondary N) is 1. The Balaban J connectivity index is 1.99. The lowest BCUT2D eigenvalue weighted by atomic mass is 10.1. The maximum atomic E-state index is 14.0. The topological polar surface area (TPSA) is 68.3 Å². The van der Waals surface area contributed by atoms with Gasteiger partial charge in [0.05, 0.1) is 29.4 Å². The van der Waals surface area contributed by atoms with Gasteiger partial charge < -0.3 is 10.1 Å². The van der Waals surface area contributed by atoms with Gasteiger partial charge in [-0.15, -0.1) is 0 Å². The molecule has 1 aromatic heterocycles. The smallest absolute Gasteiger partial charge is 0.340 e. The quantitative estimate of drug-likeness (QED) is 0.739. The number of anilines is 1. The average molecular weight is 342 g/mol. The number of esters is 1. The summed E-state index contributed by atoms with van der Waals surface area (Å²) in [5.74, 6) is -3.66. The van der Waals surface area contributed by atoms with E-state index in [1.165, 1.54) is 12.3 Å². The molecular weight excluding hydrogens is 330 g/mol. The molecule has 0 unspecified atom stereocenters. The van der Waals surface area contributed by atoms with Crippen molar-refractivity contribution in [2.24, 2.45) is 0 Å². The Kier molecular flexibility index (Phi) is 4.38. The zero-order valence-corrected chi connectivity index (χ0v) is 13.0. The average Bonchev–Trinajstić information content (AvgIpc) is 2.62. The highest BCUT2D eigenvalue weighted by Gasteiger charge is 2.19. The second kappa shape index (κ2) is 6.64. The number of benzene rings is 2. The molecular formula is C18H12F2N2O3. The number of nitrogens with zero attached hydrogens (tertiary/aromatic N) is 1. The fraction of sp³-hybridized carbons (Fsp3) is 0.0556. The molecule has 126 valence electrons. The molecule has 1 N–H and O–H groups in total. The van der Waals surface area contributed by atoms with E-state index >= 15 is 0 Å². The Morgan fingerprint density at radius 3 is 2.56 bits per heavy atom. The van der Waals surface area contributed by atoms with E-state index in [1.807, 2.05) is 0 Å². The van der Waals surface area contributed by atoms with Crippen molar-refractivity contribution in [3.05, 3.63) is 71.4 Å². The summed E-state index contributed by atoms with van der Waals surface area (Å²) in [7, 11) is 1.08. The molecule has 3 rings (SSSR count). The summed E-state index contributed by atoms with van der Waals surface area (Å²) >= 11 is 0. The largest absolute Gasteiger partial charge is 0.465 e. The minimum atomic E-state index is -1.07. The van der Waals surface area contributed by atoms with Crippen molar-refractivity contribution in [3.8, 4) is 0 Å². The number of halogens is 2. The molecule has 5 nitrogen and oxygen atoms in total. The second-order valence-corrected chi connectivity index (χ2v) is 5.13.